The number of carboxylic acid groups (broad SMARTS) is 1. The number of aromatic nitrogens is 5. The number of nitrogens with two attached hydrogens (primary N) is 1. The van der Waals surface area contributed by atoms with Crippen LogP contribution in [0.15, 0.2) is 21.8 Å². The van der Waals surface area contributed by atoms with Crippen molar-refractivity contribution in [3.8, 4) is 0 Å². The first-order valence-corrected chi connectivity index (χ1v) is 12.4. The Bertz CT molecular complexity index is 1080. The first kappa shape index (κ1) is 22.0. The van der Waals surface area contributed by atoms with Crippen LogP contribution in [0, 0.1) is 0 Å². The fourth-order valence-corrected chi connectivity index (χ4v) is 6.44. The molecule has 15 heteroatoms. The number of carbonyl (C=O) groups excluding carboxylic acids is 1. The summed E-state index contributed by atoms with van der Waals surface area (Å²) in [6, 6.07) is -0.581. The molecule has 31 heavy (non-hydrogen) atoms. The summed E-state index contributed by atoms with van der Waals surface area (Å²) in [6.45, 7) is 1.89. The summed E-state index contributed by atoms with van der Waals surface area (Å²) in [4.78, 5) is 30.9. The minimum absolute atomic E-state index is 0.0284. The number of tetrazole rings is 1. The lowest BCUT2D eigenvalue weighted by molar-refractivity contribution is -0.148. The predicted octanol–water partition coefficient (Wildman–Crippen LogP) is 0.684. The van der Waals surface area contributed by atoms with Crippen molar-refractivity contribution in [2.24, 2.45) is 7.05 Å². The van der Waals surface area contributed by atoms with E-state index in [1.54, 1.807) is 7.05 Å². The zero-order valence-electron chi connectivity index (χ0n) is 16.4. The first-order chi connectivity index (χ1) is 14.8. The molecular weight excluding hydrogens is 480 g/mol. The van der Waals surface area contributed by atoms with Gasteiger partial charge in [-0.2, -0.15) is 0 Å². The van der Waals surface area contributed by atoms with Crippen molar-refractivity contribution in [1.82, 2.24) is 35.4 Å². The lowest BCUT2D eigenvalue weighted by atomic mass is 10.0. The monoisotopic (exact) mass is 498 g/mol. The average Bonchev–Trinajstić information content (AvgIpc) is 3.36. The fraction of sp³-hybridized carbons (Fsp3) is 0.438. The topological polar surface area (TPSA) is 152 Å². The SMILES string of the molecule is CC(C(=S)NC1C(=O)N2C(C(=O)O)=C(CSc3nnnn3C)CS[C@@H]12)c1csc(N)n1. The van der Waals surface area contributed by atoms with Crippen LogP contribution in [0.1, 0.15) is 18.5 Å². The van der Waals surface area contributed by atoms with Crippen LogP contribution in [-0.4, -0.2) is 75.0 Å². The number of fused-ring (bicyclic) bond motifs is 1. The summed E-state index contributed by atoms with van der Waals surface area (Å²) in [7, 11) is 1.71. The van der Waals surface area contributed by atoms with Crippen LogP contribution in [0.25, 0.3) is 0 Å². The maximum absolute atomic E-state index is 12.9. The number of thioether (sulfide) groups is 2. The Balaban J connectivity index is 1.46. The third-order valence-corrected chi connectivity index (χ3v) is 8.48. The van der Waals surface area contributed by atoms with Crippen molar-refractivity contribution < 1.29 is 14.7 Å². The van der Waals surface area contributed by atoms with E-state index < -0.39 is 12.0 Å². The van der Waals surface area contributed by atoms with E-state index in [2.05, 4.69) is 25.8 Å². The molecule has 4 heterocycles. The second-order valence-electron chi connectivity index (χ2n) is 6.86. The summed E-state index contributed by atoms with van der Waals surface area (Å²) >= 11 is 9.64. The van der Waals surface area contributed by atoms with Crippen LogP contribution in [0.3, 0.4) is 0 Å². The van der Waals surface area contributed by atoms with Gasteiger partial charge in [0.2, 0.25) is 5.16 Å². The van der Waals surface area contributed by atoms with Crippen molar-refractivity contribution in [3.05, 3.63) is 22.3 Å². The summed E-state index contributed by atoms with van der Waals surface area (Å²) < 4.78 is 1.51. The number of amides is 1. The van der Waals surface area contributed by atoms with Gasteiger partial charge in [0.05, 0.1) is 10.7 Å². The molecule has 164 valence electrons. The Morgan fingerprint density at radius 1 is 1.55 bits per heavy atom. The number of thiazole rings is 1. The van der Waals surface area contributed by atoms with Gasteiger partial charge in [-0.15, -0.1) is 28.2 Å². The molecule has 0 saturated carbocycles. The van der Waals surface area contributed by atoms with Gasteiger partial charge < -0.3 is 16.2 Å². The van der Waals surface area contributed by atoms with Gasteiger partial charge in [0, 0.05) is 29.9 Å². The molecule has 2 aliphatic rings. The van der Waals surface area contributed by atoms with Gasteiger partial charge in [-0.05, 0) is 16.0 Å². The third-order valence-electron chi connectivity index (χ3n) is 4.88. The highest BCUT2D eigenvalue weighted by molar-refractivity contribution is 8.01. The Labute approximate surface area is 194 Å². The normalized spacial score (nSPS) is 21.5. The molecule has 2 aromatic rings. The van der Waals surface area contributed by atoms with Crippen molar-refractivity contribution in [1.29, 1.82) is 0 Å². The van der Waals surface area contributed by atoms with Crippen LogP contribution in [0.4, 0.5) is 5.13 Å². The molecule has 2 unspecified atom stereocenters. The smallest absolute Gasteiger partial charge is 0.352 e. The molecule has 4 N–H and O–H groups in total. The second kappa shape index (κ2) is 8.72. The number of carboxylic acids is 1. The zero-order valence-corrected chi connectivity index (χ0v) is 19.6. The Kier molecular flexibility index (Phi) is 6.18. The van der Waals surface area contributed by atoms with E-state index in [1.807, 2.05) is 12.3 Å². The van der Waals surface area contributed by atoms with Gasteiger partial charge in [0.15, 0.2) is 5.13 Å². The number of aliphatic carboxylic acids is 1. The molecule has 3 atom stereocenters. The first-order valence-electron chi connectivity index (χ1n) is 9.04. The molecular formula is C16H18N8O3S4. The highest BCUT2D eigenvalue weighted by Gasteiger charge is 2.54. The zero-order chi connectivity index (χ0) is 22.3. The van der Waals surface area contributed by atoms with Gasteiger partial charge in [0.1, 0.15) is 17.1 Å². The Hall–Kier alpha value is -2.23. The molecule has 11 nitrogen and oxygen atoms in total. The van der Waals surface area contributed by atoms with Gasteiger partial charge in [-0.1, -0.05) is 30.9 Å². The van der Waals surface area contributed by atoms with Crippen LogP contribution < -0.4 is 11.1 Å². The van der Waals surface area contributed by atoms with E-state index in [-0.39, 0.29) is 22.9 Å². The number of aryl methyl sites for hydroxylation is 1. The highest BCUT2D eigenvalue weighted by atomic mass is 32.2. The van der Waals surface area contributed by atoms with Gasteiger partial charge in [-0.3, -0.25) is 9.69 Å². The number of nitrogen functional groups attached to an aromatic ring is 1. The van der Waals surface area contributed by atoms with E-state index >= 15 is 0 Å². The average molecular weight is 499 g/mol. The van der Waals surface area contributed by atoms with E-state index in [9.17, 15) is 14.7 Å². The van der Waals surface area contributed by atoms with E-state index in [0.29, 0.717) is 32.4 Å². The van der Waals surface area contributed by atoms with Gasteiger partial charge >= 0.3 is 5.97 Å². The lowest BCUT2D eigenvalue weighted by Gasteiger charge is -2.50. The van der Waals surface area contributed by atoms with Crippen LogP contribution in [0.2, 0.25) is 0 Å². The maximum Gasteiger partial charge on any atom is 0.352 e. The number of anilines is 1. The minimum Gasteiger partial charge on any atom is -0.477 e. The second-order valence-corrected chi connectivity index (χ2v) is 10.2. The molecule has 2 aliphatic heterocycles. The highest BCUT2D eigenvalue weighted by Crippen LogP contribution is 2.41. The number of rotatable bonds is 7. The standard InChI is InChI=1S/C16H18N8O3S4/c1-6(8-5-30-15(17)18-8)11(28)19-9-12(25)24-10(14(26)27)7(3-29-13(9)24)4-31-16-20-21-22-23(16)2/h5-6,9,13H,3-4H2,1-2H3,(H2,17,18)(H,19,28)(H,26,27)/t6?,9?,13-/m0/s1. The largest absolute Gasteiger partial charge is 0.477 e. The number of carbonyl (C=O) groups is 2. The molecule has 0 aliphatic carbocycles. The Morgan fingerprint density at radius 3 is 2.94 bits per heavy atom. The Morgan fingerprint density at radius 2 is 2.32 bits per heavy atom. The molecule has 1 amide bonds. The van der Waals surface area contributed by atoms with Crippen molar-refractivity contribution in [2.75, 3.05) is 17.2 Å². The minimum atomic E-state index is -1.13. The molecule has 1 fully saturated rings. The third kappa shape index (κ3) is 4.14. The number of nitrogens with one attached hydrogen (secondary N) is 1. The van der Waals surface area contributed by atoms with Crippen LogP contribution in [0.5, 0.6) is 0 Å². The van der Waals surface area contributed by atoms with Gasteiger partial charge in [0.25, 0.3) is 5.91 Å². The van der Waals surface area contributed by atoms with Crippen molar-refractivity contribution >= 4 is 69.1 Å². The van der Waals surface area contributed by atoms with Crippen LogP contribution >= 0.6 is 47.1 Å². The fourth-order valence-electron chi connectivity index (χ4n) is 3.20. The van der Waals surface area contributed by atoms with Crippen molar-refractivity contribution in [3.63, 3.8) is 0 Å². The number of β-lactam (4-membered cyclic amide) rings is 1. The molecule has 0 radical (unpaired) electrons. The summed E-state index contributed by atoms with van der Waals surface area (Å²) in [5.41, 5.74) is 7.11. The van der Waals surface area contributed by atoms with Gasteiger partial charge in [-0.25, -0.2) is 14.5 Å². The molecule has 0 aromatic carbocycles. The summed E-state index contributed by atoms with van der Waals surface area (Å²) in [5.74, 6) is -0.793. The number of hydrogen-bond acceptors (Lipinski definition) is 11. The molecule has 0 bridgehead atoms. The maximum atomic E-state index is 12.9. The van der Waals surface area contributed by atoms with Crippen molar-refractivity contribution in [2.45, 2.75) is 29.4 Å². The summed E-state index contributed by atoms with van der Waals surface area (Å²) in [6.07, 6.45) is 0. The van der Waals surface area contributed by atoms with E-state index in [0.717, 1.165) is 5.69 Å². The number of hydrogen-bond donors (Lipinski definition) is 3. The van der Waals surface area contributed by atoms with Crippen LogP contribution in [-0.2, 0) is 16.6 Å². The molecule has 0 spiro atoms. The molecule has 1 saturated heterocycles. The molecule has 2 aromatic heterocycles. The number of thiocarbonyl (C=S) groups is 1. The lowest BCUT2D eigenvalue weighted by Crippen LogP contribution is -2.70. The number of nitrogens with zero attached hydrogens (tertiary/aromatic N) is 6. The van der Waals surface area contributed by atoms with E-state index in [4.69, 9.17) is 18.0 Å². The quantitative estimate of drug-likeness (QED) is 0.280. The predicted molar refractivity (Wildman–Crippen MR) is 122 cm³/mol. The van der Waals surface area contributed by atoms with E-state index in [1.165, 1.54) is 44.4 Å². The molecule has 4 rings (SSSR count). The summed E-state index contributed by atoms with van der Waals surface area (Å²) in [5, 5.41) is 26.6.